The molecule has 4 nitrogen and oxygen atoms in total. The number of benzene rings is 2. The van der Waals surface area contributed by atoms with Crippen LogP contribution < -0.4 is 5.43 Å². The van der Waals surface area contributed by atoms with Crippen LogP contribution in [0.4, 0.5) is 0 Å². The first-order valence-corrected chi connectivity index (χ1v) is 5.68. The van der Waals surface area contributed by atoms with Gasteiger partial charge in [-0.25, -0.2) is 5.43 Å². The van der Waals surface area contributed by atoms with Crippen molar-refractivity contribution in [1.29, 1.82) is 5.26 Å². The van der Waals surface area contributed by atoms with E-state index < -0.39 is 0 Å². The first-order valence-electron chi connectivity index (χ1n) is 5.68. The van der Waals surface area contributed by atoms with E-state index in [0.717, 1.165) is 5.56 Å². The zero-order chi connectivity index (χ0) is 13.5. The third kappa shape index (κ3) is 3.51. The first kappa shape index (κ1) is 12.5. The maximum Gasteiger partial charge on any atom is 0.271 e. The molecular formula is C15H11N3O. The van der Waals surface area contributed by atoms with Gasteiger partial charge in [-0.3, -0.25) is 4.79 Å². The van der Waals surface area contributed by atoms with Gasteiger partial charge >= 0.3 is 0 Å². The van der Waals surface area contributed by atoms with Crippen LogP contribution in [0.25, 0.3) is 0 Å². The van der Waals surface area contributed by atoms with E-state index in [-0.39, 0.29) is 5.91 Å². The van der Waals surface area contributed by atoms with Crippen LogP contribution in [-0.2, 0) is 0 Å². The molecule has 2 aromatic rings. The highest BCUT2D eigenvalue weighted by atomic mass is 16.2. The summed E-state index contributed by atoms with van der Waals surface area (Å²) in [4.78, 5) is 11.7. The number of hydrogen-bond acceptors (Lipinski definition) is 3. The van der Waals surface area contributed by atoms with Crippen LogP contribution in [0.5, 0.6) is 0 Å². The van der Waals surface area contributed by atoms with E-state index in [9.17, 15) is 4.79 Å². The summed E-state index contributed by atoms with van der Waals surface area (Å²) in [5.74, 6) is -0.259. The number of hydrazone groups is 1. The van der Waals surface area contributed by atoms with Crippen molar-refractivity contribution in [2.45, 2.75) is 0 Å². The van der Waals surface area contributed by atoms with Crippen molar-refractivity contribution >= 4 is 12.1 Å². The van der Waals surface area contributed by atoms with E-state index in [1.165, 1.54) is 6.21 Å². The van der Waals surface area contributed by atoms with Gasteiger partial charge in [0.05, 0.1) is 17.8 Å². The second-order valence-electron chi connectivity index (χ2n) is 3.80. The van der Waals surface area contributed by atoms with Gasteiger partial charge in [-0.15, -0.1) is 0 Å². The lowest BCUT2D eigenvalue weighted by Crippen LogP contribution is -2.17. The molecule has 0 fully saturated rings. The molecule has 0 heterocycles. The van der Waals surface area contributed by atoms with E-state index in [1.807, 2.05) is 12.1 Å². The normalized spacial score (nSPS) is 10.1. The molecule has 0 bridgehead atoms. The summed E-state index contributed by atoms with van der Waals surface area (Å²) in [7, 11) is 0. The standard InChI is InChI=1S/C15H11N3O/c16-10-12-6-8-13(9-7-12)11-17-18-15(19)14-4-2-1-3-5-14/h1-9,11H,(H,18,19). The van der Waals surface area contributed by atoms with E-state index in [2.05, 4.69) is 10.5 Å². The summed E-state index contributed by atoms with van der Waals surface area (Å²) < 4.78 is 0. The van der Waals surface area contributed by atoms with Gasteiger partial charge in [0.2, 0.25) is 0 Å². The number of nitrogens with zero attached hydrogens (tertiary/aromatic N) is 2. The molecule has 0 aromatic heterocycles. The highest BCUT2D eigenvalue weighted by Crippen LogP contribution is 2.01. The number of carbonyl (C=O) groups excluding carboxylic acids is 1. The minimum absolute atomic E-state index is 0.259. The van der Waals surface area contributed by atoms with Gasteiger partial charge in [-0.2, -0.15) is 10.4 Å². The maximum absolute atomic E-state index is 11.7. The highest BCUT2D eigenvalue weighted by Gasteiger charge is 2.01. The molecule has 1 N–H and O–H groups in total. The van der Waals surface area contributed by atoms with Gasteiger partial charge in [0, 0.05) is 5.56 Å². The maximum atomic E-state index is 11.7. The predicted molar refractivity (Wildman–Crippen MR) is 72.7 cm³/mol. The van der Waals surface area contributed by atoms with Crippen LogP contribution in [0, 0.1) is 11.3 Å². The molecule has 2 aromatic carbocycles. The monoisotopic (exact) mass is 249 g/mol. The fourth-order valence-electron chi connectivity index (χ4n) is 1.46. The van der Waals surface area contributed by atoms with Gasteiger partial charge in [-0.1, -0.05) is 30.3 Å². The summed E-state index contributed by atoms with van der Waals surface area (Å²) in [5, 5.41) is 12.5. The van der Waals surface area contributed by atoms with Crippen LogP contribution in [0.1, 0.15) is 21.5 Å². The van der Waals surface area contributed by atoms with Crippen LogP contribution in [-0.4, -0.2) is 12.1 Å². The second-order valence-corrected chi connectivity index (χ2v) is 3.80. The molecule has 0 saturated heterocycles. The summed E-state index contributed by atoms with van der Waals surface area (Å²) >= 11 is 0. The van der Waals surface area contributed by atoms with E-state index >= 15 is 0 Å². The predicted octanol–water partition coefficient (Wildman–Crippen LogP) is 2.32. The molecule has 4 heteroatoms. The molecule has 0 aliphatic rings. The van der Waals surface area contributed by atoms with Crippen molar-refractivity contribution in [3.8, 4) is 6.07 Å². The number of rotatable bonds is 3. The molecule has 0 spiro atoms. The SMILES string of the molecule is N#Cc1ccc(C=NNC(=O)c2ccccc2)cc1. The number of amides is 1. The molecule has 92 valence electrons. The second kappa shape index (κ2) is 6.12. The Balaban J connectivity index is 1.96. The average molecular weight is 249 g/mol. The zero-order valence-corrected chi connectivity index (χ0v) is 10.1. The summed E-state index contributed by atoms with van der Waals surface area (Å²) in [6.45, 7) is 0. The van der Waals surface area contributed by atoms with Crippen molar-refractivity contribution in [2.24, 2.45) is 5.10 Å². The Morgan fingerprint density at radius 3 is 2.42 bits per heavy atom. The van der Waals surface area contributed by atoms with Crippen LogP contribution >= 0.6 is 0 Å². The Morgan fingerprint density at radius 1 is 1.11 bits per heavy atom. The minimum Gasteiger partial charge on any atom is -0.267 e. The Kier molecular flexibility index (Phi) is 4.04. The van der Waals surface area contributed by atoms with Crippen molar-refractivity contribution in [3.05, 3.63) is 71.3 Å². The third-order valence-corrected chi connectivity index (χ3v) is 2.46. The molecule has 0 atom stereocenters. The van der Waals surface area contributed by atoms with E-state index in [1.54, 1.807) is 48.5 Å². The number of nitrogens with one attached hydrogen (secondary N) is 1. The summed E-state index contributed by atoms with van der Waals surface area (Å²) in [5.41, 5.74) is 4.40. The lowest BCUT2D eigenvalue weighted by atomic mass is 10.2. The van der Waals surface area contributed by atoms with Gasteiger partial charge in [-0.05, 0) is 29.8 Å². The Morgan fingerprint density at radius 2 is 1.79 bits per heavy atom. The van der Waals surface area contributed by atoms with Crippen LogP contribution in [0.15, 0.2) is 59.7 Å². The fourth-order valence-corrected chi connectivity index (χ4v) is 1.46. The molecule has 0 aliphatic carbocycles. The highest BCUT2D eigenvalue weighted by molar-refractivity contribution is 5.94. The summed E-state index contributed by atoms with van der Waals surface area (Å²) in [6.07, 6.45) is 1.53. The molecule has 0 saturated carbocycles. The molecule has 1 amide bonds. The molecular weight excluding hydrogens is 238 g/mol. The van der Waals surface area contributed by atoms with Gasteiger partial charge in [0.15, 0.2) is 0 Å². The average Bonchev–Trinajstić information content (AvgIpc) is 2.49. The molecule has 2 rings (SSSR count). The number of carbonyl (C=O) groups is 1. The largest absolute Gasteiger partial charge is 0.271 e. The molecule has 0 radical (unpaired) electrons. The minimum atomic E-state index is -0.259. The molecule has 0 unspecified atom stereocenters. The molecule has 0 aliphatic heterocycles. The van der Waals surface area contributed by atoms with Crippen LogP contribution in [0.3, 0.4) is 0 Å². The third-order valence-electron chi connectivity index (χ3n) is 2.46. The van der Waals surface area contributed by atoms with Crippen molar-refractivity contribution in [2.75, 3.05) is 0 Å². The lowest BCUT2D eigenvalue weighted by molar-refractivity contribution is 0.0955. The quantitative estimate of drug-likeness (QED) is 0.670. The fraction of sp³-hybridized carbons (Fsp3) is 0. The Labute approximate surface area is 111 Å². The number of hydrogen-bond donors (Lipinski definition) is 1. The van der Waals surface area contributed by atoms with Crippen molar-refractivity contribution in [1.82, 2.24) is 5.43 Å². The number of nitriles is 1. The van der Waals surface area contributed by atoms with Crippen LogP contribution in [0.2, 0.25) is 0 Å². The zero-order valence-electron chi connectivity index (χ0n) is 10.1. The Bertz CT molecular complexity index is 625. The topological polar surface area (TPSA) is 65.2 Å². The Hall–Kier alpha value is -2.93. The van der Waals surface area contributed by atoms with E-state index in [4.69, 9.17) is 5.26 Å². The first-order chi connectivity index (χ1) is 9.29. The smallest absolute Gasteiger partial charge is 0.267 e. The lowest BCUT2D eigenvalue weighted by Gasteiger charge is -1.98. The van der Waals surface area contributed by atoms with Crippen molar-refractivity contribution in [3.63, 3.8) is 0 Å². The van der Waals surface area contributed by atoms with Gasteiger partial charge in [0.25, 0.3) is 5.91 Å². The van der Waals surface area contributed by atoms with Gasteiger partial charge in [0.1, 0.15) is 0 Å². The van der Waals surface area contributed by atoms with Crippen molar-refractivity contribution < 1.29 is 4.79 Å². The molecule has 19 heavy (non-hydrogen) atoms. The summed E-state index contributed by atoms with van der Waals surface area (Å²) in [6, 6.07) is 17.8. The van der Waals surface area contributed by atoms with E-state index in [0.29, 0.717) is 11.1 Å². The van der Waals surface area contributed by atoms with Gasteiger partial charge < -0.3 is 0 Å².